The first-order valence-electron chi connectivity index (χ1n) is 5.16. The summed E-state index contributed by atoms with van der Waals surface area (Å²) in [6, 6.07) is 0. The number of ether oxygens (including phenoxy) is 2. The van der Waals surface area contributed by atoms with Gasteiger partial charge in [0.15, 0.2) is 6.39 Å². The summed E-state index contributed by atoms with van der Waals surface area (Å²) in [5, 5.41) is 0. The number of methoxy groups -OCH3 is 2. The molecular weight excluding hydrogens is 256 g/mol. The number of carbonyl (C=O) groups is 2. The lowest BCUT2D eigenvalue weighted by atomic mass is 10.3. The average molecular weight is 266 g/mol. The van der Waals surface area contributed by atoms with Crippen LogP contribution in [0.4, 0.5) is 0 Å². The van der Waals surface area contributed by atoms with Crippen molar-refractivity contribution in [1.82, 2.24) is 9.97 Å². The highest BCUT2D eigenvalue weighted by Crippen LogP contribution is 2.25. The first-order valence-corrected chi connectivity index (χ1v) is 5.16. The van der Waals surface area contributed by atoms with Gasteiger partial charge in [-0.25, -0.2) is 14.6 Å². The molecule has 2 aromatic rings. The number of oxazole rings is 2. The van der Waals surface area contributed by atoms with Crippen molar-refractivity contribution in [2.24, 2.45) is 0 Å². The van der Waals surface area contributed by atoms with Crippen molar-refractivity contribution in [2.75, 3.05) is 14.2 Å². The Hall–Kier alpha value is -2.64. The Bertz CT molecular complexity index is 593. The van der Waals surface area contributed by atoms with Gasteiger partial charge in [0.25, 0.3) is 5.89 Å². The third-order valence-electron chi connectivity index (χ3n) is 2.32. The van der Waals surface area contributed by atoms with Gasteiger partial charge < -0.3 is 18.3 Å². The molecule has 0 atom stereocenters. The van der Waals surface area contributed by atoms with E-state index in [0.717, 1.165) is 14.2 Å². The zero-order valence-corrected chi connectivity index (χ0v) is 10.4. The van der Waals surface area contributed by atoms with Gasteiger partial charge in [-0.05, 0) is 6.92 Å². The third kappa shape index (κ3) is 2.19. The molecule has 0 aliphatic rings. The van der Waals surface area contributed by atoms with Crippen LogP contribution in [-0.2, 0) is 9.47 Å². The summed E-state index contributed by atoms with van der Waals surface area (Å²) in [6.07, 6.45) is 1.20. The zero-order chi connectivity index (χ0) is 14.0. The van der Waals surface area contributed by atoms with E-state index >= 15 is 0 Å². The molecule has 0 N–H and O–H groups in total. The molecule has 19 heavy (non-hydrogen) atoms. The Morgan fingerprint density at radius 3 is 2.42 bits per heavy atom. The average Bonchev–Trinajstić information content (AvgIpc) is 3.02. The highest BCUT2D eigenvalue weighted by molar-refractivity contribution is 6.00. The van der Waals surface area contributed by atoms with E-state index in [4.69, 9.17) is 8.83 Å². The SMILES string of the molecule is COC(=O)c1nc(-c2ocnc2C)oc1C(=O)OC. The maximum absolute atomic E-state index is 11.5. The molecule has 2 aromatic heterocycles. The highest BCUT2D eigenvalue weighted by atomic mass is 16.5. The fourth-order valence-electron chi connectivity index (χ4n) is 1.39. The van der Waals surface area contributed by atoms with Gasteiger partial charge in [0, 0.05) is 0 Å². The van der Waals surface area contributed by atoms with Gasteiger partial charge in [0.2, 0.25) is 17.2 Å². The van der Waals surface area contributed by atoms with E-state index in [1.54, 1.807) is 6.92 Å². The molecule has 8 nitrogen and oxygen atoms in total. The number of hydrogen-bond acceptors (Lipinski definition) is 8. The lowest BCUT2D eigenvalue weighted by Crippen LogP contribution is -2.10. The first kappa shape index (κ1) is 12.8. The van der Waals surface area contributed by atoms with E-state index in [-0.39, 0.29) is 23.1 Å². The second-order valence-corrected chi connectivity index (χ2v) is 3.45. The molecule has 0 aromatic carbocycles. The minimum atomic E-state index is -0.837. The van der Waals surface area contributed by atoms with Crippen LogP contribution >= 0.6 is 0 Å². The number of esters is 2. The molecule has 0 bridgehead atoms. The maximum Gasteiger partial charge on any atom is 0.376 e. The molecular formula is C11H10N2O6. The zero-order valence-electron chi connectivity index (χ0n) is 10.4. The molecule has 2 heterocycles. The molecule has 0 saturated carbocycles. The Kier molecular flexibility index (Phi) is 3.32. The molecule has 0 amide bonds. The molecule has 8 heteroatoms. The molecule has 0 saturated heterocycles. The number of nitrogens with zero attached hydrogens (tertiary/aromatic N) is 2. The summed E-state index contributed by atoms with van der Waals surface area (Å²) in [4.78, 5) is 30.8. The van der Waals surface area contributed by atoms with Gasteiger partial charge in [-0.15, -0.1) is 0 Å². The van der Waals surface area contributed by atoms with Crippen LogP contribution in [-0.4, -0.2) is 36.1 Å². The number of aryl methyl sites for hydroxylation is 1. The van der Waals surface area contributed by atoms with Crippen molar-refractivity contribution < 1.29 is 27.9 Å². The van der Waals surface area contributed by atoms with Crippen LogP contribution in [0.15, 0.2) is 15.2 Å². The lowest BCUT2D eigenvalue weighted by Gasteiger charge is -1.96. The second kappa shape index (κ2) is 4.92. The van der Waals surface area contributed by atoms with Crippen LogP contribution in [0.3, 0.4) is 0 Å². The standard InChI is InChI=1S/C11H10N2O6/c1-5-7(18-4-12-5)9-13-6(10(14)16-2)8(19-9)11(15)17-3/h4H,1-3H3. The predicted molar refractivity (Wildman–Crippen MR) is 59.4 cm³/mol. The van der Waals surface area contributed by atoms with Gasteiger partial charge >= 0.3 is 11.9 Å². The van der Waals surface area contributed by atoms with Crippen LogP contribution in [0.1, 0.15) is 26.7 Å². The summed E-state index contributed by atoms with van der Waals surface area (Å²) in [6.45, 7) is 1.67. The number of carbonyl (C=O) groups excluding carboxylic acids is 2. The maximum atomic E-state index is 11.5. The lowest BCUT2D eigenvalue weighted by molar-refractivity contribution is 0.0527. The molecule has 0 unspecified atom stereocenters. The van der Waals surface area contributed by atoms with Crippen molar-refractivity contribution in [3.63, 3.8) is 0 Å². The van der Waals surface area contributed by atoms with Crippen LogP contribution < -0.4 is 0 Å². The van der Waals surface area contributed by atoms with Crippen molar-refractivity contribution >= 4 is 11.9 Å². The van der Waals surface area contributed by atoms with Crippen molar-refractivity contribution in [2.45, 2.75) is 6.92 Å². The van der Waals surface area contributed by atoms with E-state index in [1.165, 1.54) is 6.39 Å². The quantitative estimate of drug-likeness (QED) is 0.763. The van der Waals surface area contributed by atoms with Gasteiger partial charge in [0.1, 0.15) is 0 Å². The van der Waals surface area contributed by atoms with E-state index in [2.05, 4.69) is 19.4 Å². The van der Waals surface area contributed by atoms with Crippen molar-refractivity contribution in [3.8, 4) is 11.7 Å². The summed E-state index contributed by atoms with van der Waals surface area (Å²) in [5.74, 6) is -1.82. The van der Waals surface area contributed by atoms with E-state index in [9.17, 15) is 9.59 Å². The Balaban J connectivity index is 2.55. The monoisotopic (exact) mass is 266 g/mol. The molecule has 0 radical (unpaired) electrons. The molecule has 2 rings (SSSR count). The van der Waals surface area contributed by atoms with E-state index in [0.29, 0.717) is 5.69 Å². The highest BCUT2D eigenvalue weighted by Gasteiger charge is 2.29. The largest absolute Gasteiger partial charge is 0.464 e. The Morgan fingerprint density at radius 1 is 1.21 bits per heavy atom. The van der Waals surface area contributed by atoms with Crippen molar-refractivity contribution in [1.29, 1.82) is 0 Å². The number of rotatable bonds is 3. The fourth-order valence-corrected chi connectivity index (χ4v) is 1.39. The third-order valence-corrected chi connectivity index (χ3v) is 2.32. The summed E-state index contributed by atoms with van der Waals surface area (Å²) < 4.78 is 19.3. The summed E-state index contributed by atoms with van der Waals surface area (Å²) in [5.41, 5.74) is 0.231. The van der Waals surface area contributed by atoms with Crippen LogP contribution in [0.25, 0.3) is 11.7 Å². The molecule has 100 valence electrons. The summed E-state index contributed by atoms with van der Waals surface area (Å²) in [7, 11) is 2.32. The van der Waals surface area contributed by atoms with Gasteiger partial charge in [-0.3, -0.25) is 0 Å². The Morgan fingerprint density at radius 2 is 1.89 bits per heavy atom. The van der Waals surface area contributed by atoms with Crippen LogP contribution in [0, 0.1) is 6.92 Å². The van der Waals surface area contributed by atoms with E-state index in [1.807, 2.05) is 0 Å². The molecule has 0 spiro atoms. The van der Waals surface area contributed by atoms with Crippen LogP contribution in [0.2, 0.25) is 0 Å². The van der Waals surface area contributed by atoms with E-state index < -0.39 is 11.9 Å². The smallest absolute Gasteiger partial charge is 0.376 e. The van der Waals surface area contributed by atoms with Crippen LogP contribution in [0.5, 0.6) is 0 Å². The second-order valence-electron chi connectivity index (χ2n) is 3.45. The summed E-state index contributed by atoms with van der Waals surface area (Å²) >= 11 is 0. The Labute approximate surface area is 107 Å². The predicted octanol–water partition coefficient (Wildman–Crippen LogP) is 1.21. The van der Waals surface area contributed by atoms with Crippen molar-refractivity contribution in [3.05, 3.63) is 23.5 Å². The topological polar surface area (TPSA) is 105 Å². The number of aromatic nitrogens is 2. The normalized spacial score (nSPS) is 10.3. The number of hydrogen-bond donors (Lipinski definition) is 0. The molecule has 0 aliphatic carbocycles. The molecule has 0 aliphatic heterocycles. The fraction of sp³-hybridized carbons (Fsp3) is 0.273. The van der Waals surface area contributed by atoms with Gasteiger partial charge in [0.05, 0.1) is 19.9 Å². The van der Waals surface area contributed by atoms with Gasteiger partial charge in [-0.1, -0.05) is 0 Å². The first-order chi connectivity index (χ1) is 9.08. The minimum absolute atomic E-state index is 0.0456. The minimum Gasteiger partial charge on any atom is -0.464 e. The van der Waals surface area contributed by atoms with Gasteiger partial charge in [-0.2, -0.15) is 4.98 Å². The molecule has 0 fully saturated rings.